The normalized spacial score (nSPS) is 20.8. The lowest BCUT2D eigenvalue weighted by molar-refractivity contribution is 0.173. The number of benzene rings is 2. The van der Waals surface area contributed by atoms with Crippen molar-refractivity contribution in [3.8, 4) is 17.2 Å². The molecular formula is C20H25NO6S. The van der Waals surface area contributed by atoms with Crippen molar-refractivity contribution in [2.45, 2.75) is 12.3 Å². The summed E-state index contributed by atoms with van der Waals surface area (Å²) in [6.45, 7) is 3.05. The molecule has 1 fully saturated rings. The van der Waals surface area contributed by atoms with Crippen LogP contribution in [0.2, 0.25) is 0 Å². The Balaban J connectivity index is 0.000000403. The van der Waals surface area contributed by atoms with Gasteiger partial charge in [-0.3, -0.25) is 4.55 Å². The largest absolute Gasteiger partial charge is 0.493 e. The van der Waals surface area contributed by atoms with Crippen molar-refractivity contribution in [1.82, 2.24) is 5.32 Å². The summed E-state index contributed by atoms with van der Waals surface area (Å²) in [5.41, 5.74) is 1.41. The molecule has 152 valence electrons. The second-order valence-corrected chi connectivity index (χ2v) is 8.30. The first kappa shape index (κ1) is 20.4. The fraction of sp³-hybridized carbons (Fsp3) is 0.400. The van der Waals surface area contributed by atoms with Gasteiger partial charge in [-0.05, 0) is 36.6 Å². The van der Waals surface area contributed by atoms with E-state index in [0.717, 1.165) is 36.8 Å². The third-order valence-corrected chi connectivity index (χ3v) is 4.64. The second kappa shape index (κ2) is 9.27. The van der Waals surface area contributed by atoms with E-state index < -0.39 is 10.1 Å². The fourth-order valence-electron chi connectivity index (χ4n) is 3.41. The molecule has 0 bridgehead atoms. The minimum Gasteiger partial charge on any atom is -0.493 e. The minimum atomic E-state index is -3.67. The summed E-state index contributed by atoms with van der Waals surface area (Å²) in [6.07, 6.45) is 1.87. The van der Waals surface area contributed by atoms with Crippen molar-refractivity contribution in [3.63, 3.8) is 0 Å². The maximum absolute atomic E-state index is 9.19. The second-order valence-electron chi connectivity index (χ2n) is 6.83. The van der Waals surface area contributed by atoms with Gasteiger partial charge in [0, 0.05) is 18.5 Å². The Morgan fingerprint density at radius 1 is 1.14 bits per heavy atom. The Morgan fingerprint density at radius 2 is 1.86 bits per heavy atom. The Labute approximate surface area is 165 Å². The molecule has 7 nitrogen and oxygen atoms in total. The first-order valence-electron chi connectivity index (χ1n) is 9.11. The van der Waals surface area contributed by atoms with Crippen molar-refractivity contribution >= 4 is 10.1 Å². The van der Waals surface area contributed by atoms with E-state index in [1.807, 2.05) is 18.2 Å². The SMILES string of the molecule is CS(=O)(=O)O.c1ccc([C@@H]2CCNC[C@H]2COc2ccc3c(c2)OCO3)cc1. The van der Waals surface area contributed by atoms with Gasteiger partial charge in [0.05, 0.1) is 12.9 Å². The van der Waals surface area contributed by atoms with E-state index in [9.17, 15) is 8.42 Å². The highest BCUT2D eigenvalue weighted by Crippen LogP contribution is 2.36. The van der Waals surface area contributed by atoms with Gasteiger partial charge in [-0.1, -0.05) is 30.3 Å². The molecule has 0 aromatic heterocycles. The number of ether oxygens (including phenoxy) is 3. The lowest BCUT2D eigenvalue weighted by Crippen LogP contribution is -2.38. The average Bonchev–Trinajstić information content (AvgIpc) is 3.14. The Hall–Kier alpha value is -2.29. The standard InChI is InChI=1S/C19H21NO3.CH4O3S/c1-2-4-14(5-3-1)17-8-9-20-11-15(17)12-21-16-6-7-18-19(10-16)23-13-22-18;1-5(2,3)4/h1-7,10,15,17,20H,8-9,11-13H2;1H3,(H,2,3,4)/t15-,17-;/m0./s1. The molecule has 8 heteroatoms. The van der Waals surface area contributed by atoms with Crippen LogP contribution in [-0.2, 0) is 10.1 Å². The summed E-state index contributed by atoms with van der Waals surface area (Å²) in [7, 11) is -3.67. The molecule has 2 aromatic carbocycles. The van der Waals surface area contributed by atoms with Crippen LogP contribution in [-0.4, -0.2) is 45.7 Å². The molecule has 0 amide bonds. The molecule has 0 saturated carbocycles. The predicted octanol–water partition coefficient (Wildman–Crippen LogP) is 2.69. The molecule has 0 spiro atoms. The number of fused-ring (bicyclic) bond motifs is 1. The molecule has 0 unspecified atom stereocenters. The summed E-state index contributed by atoms with van der Waals surface area (Å²) in [5, 5.41) is 3.49. The predicted molar refractivity (Wildman–Crippen MR) is 106 cm³/mol. The first-order valence-corrected chi connectivity index (χ1v) is 11.0. The number of nitrogens with one attached hydrogen (secondary N) is 1. The van der Waals surface area contributed by atoms with Gasteiger partial charge >= 0.3 is 0 Å². The smallest absolute Gasteiger partial charge is 0.261 e. The van der Waals surface area contributed by atoms with E-state index >= 15 is 0 Å². The number of rotatable bonds is 4. The zero-order chi connectivity index (χ0) is 20.0. The van der Waals surface area contributed by atoms with Gasteiger partial charge < -0.3 is 19.5 Å². The third kappa shape index (κ3) is 6.12. The molecule has 4 rings (SSSR count). The molecule has 2 aliphatic rings. The van der Waals surface area contributed by atoms with Crippen LogP contribution >= 0.6 is 0 Å². The van der Waals surface area contributed by atoms with Crippen LogP contribution in [0.5, 0.6) is 17.2 Å². The Morgan fingerprint density at radius 3 is 2.61 bits per heavy atom. The highest BCUT2D eigenvalue weighted by molar-refractivity contribution is 7.85. The molecule has 0 radical (unpaired) electrons. The monoisotopic (exact) mass is 407 g/mol. The van der Waals surface area contributed by atoms with Crippen LogP contribution in [0, 0.1) is 5.92 Å². The van der Waals surface area contributed by atoms with Crippen molar-refractivity contribution in [2.24, 2.45) is 5.92 Å². The van der Waals surface area contributed by atoms with Crippen LogP contribution in [0.15, 0.2) is 48.5 Å². The summed E-state index contributed by atoms with van der Waals surface area (Å²) in [5.74, 6) is 3.41. The van der Waals surface area contributed by atoms with Crippen LogP contribution < -0.4 is 19.5 Å². The van der Waals surface area contributed by atoms with E-state index in [0.29, 0.717) is 31.5 Å². The van der Waals surface area contributed by atoms with Crippen molar-refractivity contribution in [3.05, 3.63) is 54.1 Å². The topological polar surface area (TPSA) is 94.1 Å². The van der Waals surface area contributed by atoms with Crippen molar-refractivity contribution < 1.29 is 27.2 Å². The van der Waals surface area contributed by atoms with Gasteiger partial charge in [0.1, 0.15) is 5.75 Å². The summed E-state index contributed by atoms with van der Waals surface area (Å²) >= 11 is 0. The molecule has 2 atom stereocenters. The maximum atomic E-state index is 9.19. The quantitative estimate of drug-likeness (QED) is 0.753. The maximum Gasteiger partial charge on any atom is 0.261 e. The number of hydrogen-bond donors (Lipinski definition) is 2. The van der Waals surface area contributed by atoms with Gasteiger partial charge in [-0.25, -0.2) is 0 Å². The molecule has 2 heterocycles. The van der Waals surface area contributed by atoms with Gasteiger partial charge in [0.2, 0.25) is 6.79 Å². The van der Waals surface area contributed by atoms with E-state index in [1.165, 1.54) is 5.56 Å². The fourth-order valence-corrected chi connectivity index (χ4v) is 3.41. The van der Waals surface area contributed by atoms with Crippen LogP contribution in [0.25, 0.3) is 0 Å². The molecule has 2 aromatic rings. The van der Waals surface area contributed by atoms with E-state index in [-0.39, 0.29) is 0 Å². The Bertz CT molecular complexity index is 864. The molecular weight excluding hydrogens is 382 g/mol. The first-order chi connectivity index (χ1) is 13.4. The zero-order valence-corrected chi connectivity index (χ0v) is 16.5. The van der Waals surface area contributed by atoms with Crippen LogP contribution in [0.1, 0.15) is 17.9 Å². The lowest BCUT2D eigenvalue weighted by Gasteiger charge is -2.32. The minimum absolute atomic E-state index is 0.293. The Kier molecular flexibility index (Phi) is 6.77. The number of hydrogen-bond acceptors (Lipinski definition) is 6. The van der Waals surface area contributed by atoms with Gasteiger partial charge in [-0.15, -0.1) is 0 Å². The lowest BCUT2D eigenvalue weighted by atomic mass is 9.81. The van der Waals surface area contributed by atoms with Crippen LogP contribution in [0.3, 0.4) is 0 Å². The highest BCUT2D eigenvalue weighted by Gasteiger charge is 2.27. The molecule has 0 aliphatic carbocycles. The van der Waals surface area contributed by atoms with E-state index in [2.05, 4.69) is 35.6 Å². The molecule has 28 heavy (non-hydrogen) atoms. The number of piperidine rings is 1. The summed E-state index contributed by atoms with van der Waals surface area (Å²) in [6, 6.07) is 16.5. The summed E-state index contributed by atoms with van der Waals surface area (Å²) in [4.78, 5) is 0. The van der Waals surface area contributed by atoms with Gasteiger partial charge in [0.15, 0.2) is 11.5 Å². The van der Waals surface area contributed by atoms with Crippen molar-refractivity contribution in [2.75, 3.05) is 32.7 Å². The zero-order valence-electron chi connectivity index (χ0n) is 15.7. The highest BCUT2D eigenvalue weighted by atomic mass is 32.2. The summed E-state index contributed by atoms with van der Waals surface area (Å²) < 4.78 is 42.7. The molecule has 1 saturated heterocycles. The molecule has 2 aliphatic heterocycles. The van der Waals surface area contributed by atoms with E-state index in [1.54, 1.807) is 0 Å². The van der Waals surface area contributed by atoms with Gasteiger partial charge in [0.25, 0.3) is 10.1 Å². The van der Waals surface area contributed by atoms with E-state index in [4.69, 9.17) is 18.8 Å². The third-order valence-electron chi connectivity index (χ3n) is 4.64. The average molecular weight is 407 g/mol. The van der Waals surface area contributed by atoms with Gasteiger partial charge in [-0.2, -0.15) is 8.42 Å². The van der Waals surface area contributed by atoms with Crippen molar-refractivity contribution in [1.29, 1.82) is 0 Å². The van der Waals surface area contributed by atoms with Crippen LogP contribution in [0.4, 0.5) is 0 Å². The molecule has 2 N–H and O–H groups in total.